The standard InChI is InChI=1S/C10H15N3O/c1-8-4-10(14)13(12-5-8)3-2-9-6-11-7-9/h4-5,9,11H,2-3,6-7H2,1H3. The Labute approximate surface area is 82.9 Å². The summed E-state index contributed by atoms with van der Waals surface area (Å²) in [6.45, 7) is 4.79. The molecule has 1 aromatic heterocycles. The molecule has 1 N–H and O–H groups in total. The molecule has 1 aliphatic rings. The van der Waals surface area contributed by atoms with Crippen molar-refractivity contribution in [3.63, 3.8) is 0 Å². The molecule has 0 radical (unpaired) electrons. The van der Waals surface area contributed by atoms with E-state index in [9.17, 15) is 4.79 Å². The Kier molecular flexibility index (Phi) is 2.63. The van der Waals surface area contributed by atoms with Crippen molar-refractivity contribution in [1.29, 1.82) is 0 Å². The highest BCUT2D eigenvalue weighted by atomic mass is 16.1. The van der Waals surface area contributed by atoms with Crippen LogP contribution in [0.4, 0.5) is 0 Å². The van der Waals surface area contributed by atoms with Crippen molar-refractivity contribution in [1.82, 2.24) is 15.1 Å². The normalized spacial score (nSPS) is 16.6. The number of rotatable bonds is 3. The fraction of sp³-hybridized carbons (Fsp3) is 0.600. The Bertz CT molecular complexity index is 368. The first-order valence-corrected chi connectivity index (χ1v) is 5.00. The van der Waals surface area contributed by atoms with Crippen molar-refractivity contribution in [2.24, 2.45) is 5.92 Å². The minimum absolute atomic E-state index is 0.0114. The Morgan fingerprint density at radius 1 is 1.64 bits per heavy atom. The molecule has 1 aliphatic heterocycles. The highest BCUT2D eigenvalue weighted by Crippen LogP contribution is 2.08. The molecule has 0 spiro atoms. The third kappa shape index (κ3) is 2.01. The zero-order valence-electron chi connectivity index (χ0n) is 8.36. The van der Waals surface area contributed by atoms with E-state index in [4.69, 9.17) is 0 Å². The van der Waals surface area contributed by atoms with Crippen LogP contribution in [0.5, 0.6) is 0 Å². The van der Waals surface area contributed by atoms with E-state index in [1.807, 2.05) is 6.92 Å². The Morgan fingerprint density at radius 2 is 2.43 bits per heavy atom. The average molecular weight is 193 g/mol. The first-order chi connectivity index (χ1) is 6.75. The van der Waals surface area contributed by atoms with Gasteiger partial charge in [0.15, 0.2) is 0 Å². The monoisotopic (exact) mass is 193 g/mol. The van der Waals surface area contributed by atoms with Crippen LogP contribution in [0.1, 0.15) is 12.0 Å². The number of hydrogen-bond acceptors (Lipinski definition) is 3. The lowest BCUT2D eigenvalue weighted by Gasteiger charge is -2.26. The maximum absolute atomic E-state index is 11.4. The van der Waals surface area contributed by atoms with Crippen LogP contribution in [0.3, 0.4) is 0 Å². The van der Waals surface area contributed by atoms with Gasteiger partial charge in [-0.1, -0.05) is 0 Å². The van der Waals surface area contributed by atoms with Crippen LogP contribution in [0, 0.1) is 12.8 Å². The van der Waals surface area contributed by atoms with E-state index in [-0.39, 0.29) is 5.56 Å². The van der Waals surface area contributed by atoms with E-state index < -0.39 is 0 Å². The summed E-state index contributed by atoms with van der Waals surface area (Å²) in [6.07, 6.45) is 2.78. The molecule has 1 saturated heterocycles. The second-order valence-corrected chi connectivity index (χ2v) is 3.91. The van der Waals surface area contributed by atoms with Crippen molar-refractivity contribution >= 4 is 0 Å². The van der Waals surface area contributed by atoms with Crippen molar-refractivity contribution in [2.45, 2.75) is 19.9 Å². The summed E-state index contributed by atoms with van der Waals surface area (Å²) in [7, 11) is 0. The molecule has 2 heterocycles. The summed E-state index contributed by atoms with van der Waals surface area (Å²) in [5.74, 6) is 0.727. The molecule has 1 aromatic rings. The van der Waals surface area contributed by atoms with E-state index in [0.717, 1.165) is 37.5 Å². The SMILES string of the molecule is Cc1cnn(CCC2CNC2)c(=O)c1. The molecule has 76 valence electrons. The average Bonchev–Trinajstić information content (AvgIpc) is 2.05. The van der Waals surface area contributed by atoms with E-state index in [2.05, 4.69) is 10.4 Å². The molecule has 2 rings (SSSR count). The highest BCUT2D eigenvalue weighted by Gasteiger charge is 2.16. The van der Waals surface area contributed by atoms with Crippen LogP contribution in [0.2, 0.25) is 0 Å². The Morgan fingerprint density at radius 3 is 3.00 bits per heavy atom. The molecule has 1 fully saturated rings. The number of nitrogens with zero attached hydrogens (tertiary/aromatic N) is 2. The van der Waals surface area contributed by atoms with Gasteiger partial charge < -0.3 is 5.32 Å². The van der Waals surface area contributed by atoms with Crippen molar-refractivity contribution in [2.75, 3.05) is 13.1 Å². The zero-order chi connectivity index (χ0) is 9.97. The minimum atomic E-state index is 0.0114. The predicted octanol–water partition coefficient (Wildman–Crippen LogP) is 0.161. The van der Waals surface area contributed by atoms with Crippen molar-refractivity contribution in [3.05, 3.63) is 28.2 Å². The number of nitrogens with one attached hydrogen (secondary N) is 1. The van der Waals surface area contributed by atoms with Crippen LogP contribution >= 0.6 is 0 Å². The first-order valence-electron chi connectivity index (χ1n) is 5.00. The molecule has 0 aliphatic carbocycles. The molecule has 0 saturated carbocycles. The van der Waals surface area contributed by atoms with Crippen LogP contribution in [-0.4, -0.2) is 22.9 Å². The summed E-state index contributed by atoms with van der Waals surface area (Å²) >= 11 is 0. The molecule has 4 nitrogen and oxygen atoms in total. The quantitative estimate of drug-likeness (QED) is 0.744. The zero-order valence-corrected chi connectivity index (χ0v) is 8.36. The minimum Gasteiger partial charge on any atom is -0.316 e. The van der Waals surface area contributed by atoms with Gasteiger partial charge in [-0.3, -0.25) is 4.79 Å². The van der Waals surface area contributed by atoms with Crippen LogP contribution in [0.25, 0.3) is 0 Å². The van der Waals surface area contributed by atoms with Gasteiger partial charge in [0.25, 0.3) is 5.56 Å². The number of aromatic nitrogens is 2. The predicted molar refractivity (Wildman–Crippen MR) is 54.2 cm³/mol. The second-order valence-electron chi connectivity index (χ2n) is 3.91. The van der Waals surface area contributed by atoms with Gasteiger partial charge >= 0.3 is 0 Å². The Balaban J connectivity index is 1.98. The largest absolute Gasteiger partial charge is 0.316 e. The summed E-state index contributed by atoms with van der Waals surface area (Å²) in [5.41, 5.74) is 0.939. The molecule has 4 heteroatoms. The van der Waals surface area contributed by atoms with E-state index in [1.165, 1.54) is 0 Å². The maximum Gasteiger partial charge on any atom is 0.266 e. The smallest absolute Gasteiger partial charge is 0.266 e. The third-order valence-electron chi connectivity index (χ3n) is 2.62. The third-order valence-corrected chi connectivity index (χ3v) is 2.62. The van der Waals surface area contributed by atoms with Gasteiger partial charge in [-0.15, -0.1) is 0 Å². The van der Waals surface area contributed by atoms with Crippen LogP contribution in [0.15, 0.2) is 17.1 Å². The molecule has 0 aromatic carbocycles. The molecule has 0 atom stereocenters. The van der Waals surface area contributed by atoms with E-state index in [1.54, 1.807) is 16.9 Å². The van der Waals surface area contributed by atoms with Gasteiger partial charge in [0.2, 0.25) is 0 Å². The van der Waals surface area contributed by atoms with Gasteiger partial charge in [0.05, 0.1) is 6.20 Å². The molecule has 14 heavy (non-hydrogen) atoms. The summed E-state index contributed by atoms with van der Waals surface area (Å²) in [5, 5.41) is 7.31. The lowest BCUT2D eigenvalue weighted by Crippen LogP contribution is -2.42. The molecule has 0 unspecified atom stereocenters. The van der Waals surface area contributed by atoms with Crippen LogP contribution < -0.4 is 10.9 Å². The van der Waals surface area contributed by atoms with Gasteiger partial charge in [0.1, 0.15) is 0 Å². The molecular formula is C10H15N3O. The topological polar surface area (TPSA) is 46.9 Å². The lowest BCUT2D eigenvalue weighted by molar-refractivity contribution is 0.304. The van der Waals surface area contributed by atoms with Crippen molar-refractivity contribution in [3.8, 4) is 0 Å². The fourth-order valence-electron chi connectivity index (χ4n) is 1.55. The van der Waals surface area contributed by atoms with Gasteiger partial charge in [-0.05, 0) is 37.9 Å². The van der Waals surface area contributed by atoms with Gasteiger partial charge in [-0.25, -0.2) is 4.68 Å². The molecule has 0 amide bonds. The maximum atomic E-state index is 11.4. The summed E-state index contributed by atoms with van der Waals surface area (Å²) < 4.78 is 1.55. The second kappa shape index (κ2) is 3.92. The lowest BCUT2D eigenvalue weighted by atomic mass is 10.00. The van der Waals surface area contributed by atoms with Gasteiger partial charge in [0, 0.05) is 12.6 Å². The van der Waals surface area contributed by atoms with E-state index >= 15 is 0 Å². The van der Waals surface area contributed by atoms with Gasteiger partial charge in [-0.2, -0.15) is 5.10 Å². The highest BCUT2D eigenvalue weighted by molar-refractivity contribution is 5.02. The number of hydrogen-bond donors (Lipinski definition) is 1. The van der Waals surface area contributed by atoms with Crippen molar-refractivity contribution < 1.29 is 0 Å². The van der Waals surface area contributed by atoms with E-state index in [0.29, 0.717) is 0 Å². The number of aryl methyl sites for hydroxylation is 2. The Hall–Kier alpha value is -1.16. The van der Waals surface area contributed by atoms with Crippen LogP contribution in [-0.2, 0) is 6.54 Å². The first kappa shape index (κ1) is 9.40. The summed E-state index contributed by atoms with van der Waals surface area (Å²) in [4.78, 5) is 11.4. The summed E-state index contributed by atoms with van der Waals surface area (Å²) in [6, 6.07) is 1.63. The molecule has 0 bridgehead atoms. The molecular weight excluding hydrogens is 178 g/mol. The fourth-order valence-corrected chi connectivity index (χ4v) is 1.55.